The van der Waals surface area contributed by atoms with Crippen molar-refractivity contribution in [1.82, 2.24) is 47.9 Å². The van der Waals surface area contributed by atoms with Crippen molar-refractivity contribution < 1.29 is 87.5 Å². The highest BCUT2D eigenvalue weighted by atomic mass is 32.1. The third kappa shape index (κ3) is 25.2. The van der Waals surface area contributed by atoms with Crippen LogP contribution in [0.5, 0.6) is 0 Å². The van der Waals surface area contributed by atoms with Crippen molar-refractivity contribution in [3.8, 4) is 0 Å². The van der Waals surface area contributed by atoms with Gasteiger partial charge >= 0.3 is 23.9 Å². The molecule has 8 atom stereocenters. The van der Waals surface area contributed by atoms with Crippen LogP contribution in [-0.4, -0.2) is 181 Å². The normalized spacial score (nSPS) is 14.2. The number of carbonyl (C=O) groups is 14. The molecule has 0 aromatic heterocycles. The van der Waals surface area contributed by atoms with E-state index in [0.717, 1.165) is 6.92 Å². The first-order valence-electron chi connectivity index (χ1n) is 20.1. The van der Waals surface area contributed by atoms with E-state index in [1.54, 1.807) is 0 Å². The Hall–Kier alpha value is -6.02. The SMILES string of the molecule is CC(=O)N[C@@H](CCC(=O)N[C@@H](CS)C(=O)N[C@@H](CCC(=O)N[C@@H](CS)C(=O)N[C@@H](CCC(=O)N[C@@H](CS)C(=O)N[C@@H](CCC(=O)N[C@@H](CS)C(=O)NCC(N)=O)C(=O)O)C(=O)O)C(=O)O)C(=O)O. The molecule has 32 heteroatoms. The molecule has 28 nitrogen and oxygen atoms in total. The quantitative estimate of drug-likeness (QED) is 0.0267. The van der Waals surface area contributed by atoms with Gasteiger partial charge in [0.15, 0.2) is 0 Å². The number of nitrogens with one attached hydrogen (secondary N) is 9. The van der Waals surface area contributed by atoms with Crippen LogP contribution < -0.4 is 53.6 Å². The largest absolute Gasteiger partial charge is 0.480 e. The van der Waals surface area contributed by atoms with Crippen LogP contribution in [0.1, 0.15) is 58.3 Å². The molecule has 68 heavy (non-hydrogen) atoms. The lowest BCUT2D eigenvalue weighted by atomic mass is 10.1. The Kier molecular flexibility index (Phi) is 29.8. The van der Waals surface area contributed by atoms with Gasteiger partial charge in [0, 0.05) is 55.6 Å². The number of rotatable bonds is 34. The number of carboxylic acid groups (broad SMARTS) is 4. The molecule has 382 valence electrons. The second-order valence-electron chi connectivity index (χ2n) is 14.3. The second-order valence-corrected chi connectivity index (χ2v) is 15.8. The van der Waals surface area contributed by atoms with Crippen LogP contribution >= 0.6 is 50.5 Å². The van der Waals surface area contributed by atoms with Gasteiger partial charge in [-0.1, -0.05) is 0 Å². The molecule has 0 fully saturated rings. The lowest BCUT2D eigenvalue weighted by molar-refractivity contribution is -0.143. The van der Waals surface area contributed by atoms with E-state index in [4.69, 9.17) is 5.73 Å². The van der Waals surface area contributed by atoms with E-state index in [1.807, 2.05) is 0 Å². The molecular formula is C36H56N10O18S4. The Bertz CT molecular complexity index is 1880. The van der Waals surface area contributed by atoms with Gasteiger partial charge in [-0.2, -0.15) is 50.5 Å². The van der Waals surface area contributed by atoms with Crippen LogP contribution in [0.15, 0.2) is 0 Å². The number of carbonyl (C=O) groups excluding carboxylic acids is 10. The first-order valence-corrected chi connectivity index (χ1v) is 22.6. The van der Waals surface area contributed by atoms with E-state index in [2.05, 4.69) is 98.4 Å². The zero-order chi connectivity index (χ0) is 52.3. The van der Waals surface area contributed by atoms with Crippen molar-refractivity contribution in [3.63, 3.8) is 0 Å². The Labute approximate surface area is 409 Å². The van der Waals surface area contributed by atoms with E-state index in [9.17, 15) is 87.5 Å². The van der Waals surface area contributed by atoms with Gasteiger partial charge in [-0.15, -0.1) is 0 Å². The summed E-state index contributed by atoms with van der Waals surface area (Å²) in [5, 5.41) is 58.0. The number of thiol groups is 4. The van der Waals surface area contributed by atoms with Crippen molar-refractivity contribution in [2.45, 2.75) is 107 Å². The van der Waals surface area contributed by atoms with Crippen LogP contribution in [-0.2, 0) is 67.1 Å². The smallest absolute Gasteiger partial charge is 0.326 e. The summed E-state index contributed by atoms with van der Waals surface area (Å²) in [6, 6.07) is -12.1. The van der Waals surface area contributed by atoms with Crippen LogP contribution in [0.4, 0.5) is 0 Å². The predicted octanol–water partition coefficient (Wildman–Crippen LogP) is -6.34. The molecule has 0 heterocycles. The van der Waals surface area contributed by atoms with Crippen molar-refractivity contribution in [3.05, 3.63) is 0 Å². The molecule has 0 aromatic carbocycles. The number of hydrogen-bond donors (Lipinski definition) is 18. The summed E-state index contributed by atoms with van der Waals surface area (Å²) in [5.41, 5.74) is 4.96. The van der Waals surface area contributed by atoms with Gasteiger partial charge in [-0.05, 0) is 25.7 Å². The molecule has 0 saturated heterocycles. The Balaban J connectivity index is 5.31. The topological polar surface area (TPSA) is 454 Å². The molecular weight excluding hydrogens is 989 g/mol. The molecule has 0 unspecified atom stereocenters. The molecule has 0 radical (unpaired) electrons. The third-order valence-corrected chi connectivity index (χ3v) is 10.4. The summed E-state index contributed by atoms with van der Waals surface area (Å²) in [7, 11) is 0. The van der Waals surface area contributed by atoms with Crippen LogP contribution in [0.3, 0.4) is 0 Å². The lowest BCUT2D eigenvalue weighted by Crippen LogP contribution is -2.54. The maximum absolute atomic E-state index is 13.0. The highest BCUT2D eigenvalue weighted by molar-refractivity contribution is 7.80. The fraction of sp³-hybridized carbons (Fsp3) is 0.611. The Morgan fingerprint density at radius 1 is 0.382 bits per heavy atom. The molecule has 0 aliphatic carbocycles. The molecule has 0 aliphatic heterocycles. The van der Waals surface area contributed by atoms with Gasteiger partial charge in [-0.3, -0.25) is 47.9 Å². The number of carboxylic acids is 4. The zero-order valence-corrected chi connectivity index (χ0v) is 39.8. The fourth-order valence-corrected chi connectivity index (χ4v) is 6.36. The molecule has 10 amide bonds. The lowest BCUT2D eigenvalue weighted by Gasteiger charge is -2.22. The Morgan fingerprint density at radius 2 is 0.618 bits per heavy atom. The maximum Gasteiger partial charge on any atom is 0.326 e. The molecule has 0 aromatic rings. The van der Waals surface area contributed by atoms with Gasteiger partial charge in [-0.25, -0.2) is 19.2 Å². The van der Waals surface area contributed by atoms with Crippen molar-refractivity contribution in [1.29, 1.82) is 0 Å². The van der Waals surface area contributed by atoms with E-state index in [0.29, 0.717) is 0 Å². The monoisotopic (exact) mass is 1040 g/mol. The average molecular weight is 1050 g/mol. The highest BCUT2D eigenvalue weighted by Gasteiger charge is 2.31. The van der Waals surface area contributed by atoms with Crippen molar-refractivity contribution >= 4 is 133 Å². The summed E-state index contributed by atoms with van der Waals surface area (Å²) in [6.07, 6.45) is -4.15. The minimum absolute atomic E-state index is 0.198. The number of nitrogens with two attached hydrogens (primary N) is 1. The van der Waals surface area contributed by atoms with Crippen LogP contribution in [0.2, 0.25) is 0 Å². The summed E-state index contributed by atoms with van der Waals surface area (Å²) >= 11 is 15.9. The average Bonchev–Trinajstić information content (AvgIpc) is 3.26. The highest BCUT2D eigenvalue weighted by Crippen LogP contribution is 2.07. The van der Waals surface area contributed by atoms with E-state index >= 15 is 0 Å². The second kappa shape index (κ2) is 32.6. The van der Waals surface area contributed by atoms with E-state index < -0.39 is 189 Å². The van der Waals surface area contributed by atoms with Gasteiger partial charge in [0.05, 0.1) is 6.54 Å². The van der Waals surface area contributed by atoms with Gasteiger partial charge in [0.1, 0.15) is 48.3 Å². The number of primary amides is 1. The number of hydrogen-bond acceptors (Lipinski definition) is 18. The molecule has 0 aliphatic rings. The summed E-state index contributed by atoms with van der Waals surface area (Å²) in [5.74, 6) is -16.5. The van der Waals surface area contributed by atoms with Crippen molar-refractivity contribution in [2.75, 3.05) is 29.6 Å². The summed E-state index contributed by atoms with van der Waals surface area (Å²) in [4.78, 5) is 170. The predicted molar refractivity (Wildman–Crippen MR) is 246 cm³/mol. The molecule has 15 N–H and O–H groups in total. The summed E-state index contributed by atoms with van der Waals surface area (Å²) in [6.45, 7) is 0.561. The van der Waals surface area contributed by atoms with Crippen LogP contribution in [0, 0.1) is 0 Å². The first-order chi connectivity index (χ1) is 31.8. The molecule has 0 rings (SSSR count). The van der Waals surface area contributed by atoms with E-state index in [1.165, 1.54) is 0 Å². The Morgan fingerprint density at radius 3 is 0.824 bits per heavy atom. The molecule has 0 bridgehead atoms. The molecule has 0 saturated carbocycles. The van der Waals surface area contributed by atoms with Crippen LogP contribution in [0.25, 0.3) is 0 Å². The van der Waals surface area contributed by atoms with Crippen molar-refractivity contribution in [2.24, 2.45) is 5.73 Å². The standard InChI is InChI=1S/C36H56N10O18S4/c1-15(47)39-16(33(57)58)2-6-26(50)41-21(12-66)30(54)45-18(35(61)62)4-8-28(52)43-23(14-68)32(56)46-19(36(63)64)5-9-27(51)42-22(13-67)31(55)44-17(34(59)60)3-7-25(49)40-20(11-65)29(53)38-10-24(37)48/h16-23,65-68H,2-14H2,1H3,(H2,37,48)(H,38,53)(H,39,47)(H,40,49)(H,41,50)(H,42,51)(H,43,52)(H,44,55)(H,45,54)(H,46,56)(H,57,58)(H,59,60)(H,61,62)(H,63,64)/t16-,17-,18-,19-,20-,21-,22-,23-/m0/s1. The van der Waals surface area contributed by atoms with Gasteiger partial charge < -0.3 is 74.0 Å². The fourth-order valence-electron chi connectivity index (χ4n) is 5.33. The zero-order valence-electron chi connectivity index (χ0n) is 36.2. The van der Waals surface area contributed by atoms with Gasteiger partial charge in [0.2, 0.25) is 59.1 Å². The third-order valence-electron chi connectivity index (χ3n) is 8.93. The number of aliphatic carboxylic acids is 4. The summed E-state index contributed by atoms with van der Waals surface area (Å²) < 4.78 is 0. The number of amides is 10. The van der Waals surface area contributed by atoms with Gasteiger partial charge in [0.25, 0.3) is 0 Å². The minimum Gasteiger partial charge on any atom is -0.480 e. The van der Waals surface area contributed by atoms with E-state index in [-0.39, 0.29) is 23.7 Å². The first kappa shape index (κ1) is 62.0. The maximum atomic E-state index is 13.0. The molecule has 0 spiro atoms. The minimum atomic E-state index is -1.75.